The van der Waals surface area contributed by atoms with E-state index in [0.29, 0.717) is 5.69 Å². The average molecular weight is 412 g/mol. The Kier molecular flexibility index (Phi) is 6.25. The van der Waals surface area contributed by atoms with Gasteiger partial charge in [0.05, 0.1) is 11.1 Å². The molecule has 0 saturated heterocycles. The number of carbonyl (C=O) groups excluding carboxylic acids is 4. The van der Waals surface area contributed by atoms with E-state index in [9.17, 15) is 23.6 Å². The molecule has 1 atom stereocenters. The minimum absolute atomic E-state index is 0.0140. The lowest BCUT2D eigenvalue weighted by molar-refractivity contribution is -0.151. The molecule has 0 aromatic heterocycles. The molecule has 0 spiro atoms. The molecule has 1 aliphatic heterocycles. The van der Waals surface area contributed by atoms with E-state index in [1.807, 2.05) is 13.8 Å². The SMILES string of the molecule is CC(C)C[C@@H](C(=O)OCC(=O)Nc1ccc(F)cc1)N1C(=O)c2ccccc2C1=O. The highest BCUT2D eigenvalue weighted by Gasteiger charge is 2.43. The Labute approximate surface area is 172 Å². The van der Waals surface area contributed by atoms with Gasteiger partial charge in [-0.2, -0.15) is 0 Å². The third-order valence-corrected chi connectivity index (χ3v) is 4.58. The van der Waals surface area contributed by atoms with Crippen molar-refractivity contribution in [1.29, 1.82) is 0 Å². The molecule has 1 aliphatic rings. The molecule has 1 heterocycles. The highest BCUT2D eigenvalue weighted by molar-refractivity contribution is 6.22. The van der Waals surface area contributed by atoms with Crippen LogP contribution in [0.4, 0.5) is 10.1 Å². The van der Waals surface area contributed by atoms with Crippen molar-refractivity contribution in [2.45, 2.75) is 26.3 Å². The summed E-state index contributed by atoms with van der Waals surface area (Å²) in [5, 5.41) is 2.48. The van der Waals surface area contributed by atoms with E-state index in [-0.39, 0.29) is 23.5 Å². The third kappa shape index (κ3) is 4.53. The van der Waals surface area contributed by atoms with Gasteiger partial charge in [0.2, 0.25) is 0 Å². The van der Waals surface area contributed by atoms with Gasteiger partial charge in [-0.15, -0.1) is 0 Å². The van der Waals surface area contributed by atoms with E-state index >= 15 is 0 Å². The second-order valence-electron chi connectivity index (χ2n) is 7.33. The molecule has 3 rings (SSSR count). The topological polar surface area (TPSA) is 92.8 Å². The van der Waals surface area contributed by atoms with Crippen LogP contribution in [0.15, 0.2) is 48.5 Å². The maximum Gasteiger partial charge on any atom is 0.329 e. The summed E-state index contributed by atoms with van der Waals surface area (Å²) in [5.74, 6) is -3.05. The van der Waals surface area contributed by atoms with Crippen LogP contribution in [0.1, 0.15) is 41.0 Å². The Hall–Kier alpha value is -3.55. The number of anilines is 1. The zero-order valence-electron chi connectivity index (χ0n) is 16.6. The van der Waals surface area contributed by atoms with Crippen LogP contribution < -0.4 is 5.32 Å². The van der Waals surface area contributed by atoms with Crippen LogP contribution in [0.3, 0.4) is 0 Å². The first-order valence-corrected chi connectivity index (χ1v) is 9.47. The van der Waals surface area contributed by atoms with Crippen molar-refractivity contribution in [2.75, 3.05) is 11.9 Å². The molecule has 3 amide bonds. The van der Waals surface area contributed by atoms with Crippen molar-refractivity contribution in [3.8, 4) is 0 Å². The summed E-state index contributed by atoms with van der Waals surface area (Å²) < 4.78 is 18.0. The average Bonchev–Trinajstić information content (AvgIpc) is 2.97. The van der Waals surface area contributed by atoms with E-state index in [0.717, 1.165) is 4.90 Å². The second-order valence-corrected chi connectivity index (χ2v) is 7.33. The first-order chi connectivity index (χ1) is 14.3. The number of nitrogens with one attached hydrogen (secondary N) is 1. The van der Waals surface area contributed by atoms with Crippen molar-refractivity contribution < 1.29 is 28.3 Å². The predicted molar refractivity (Wildman–Crippen MR) is 106 cm³/mol. The number of esters is 1. The molecule has 2 aromatic rings. The number of fused-ring (bicyclic) bond motifs is 1. The fourth-order valence-corrected chi connectivity index (χ4v) is 3.21. The van der Waals surface area contributed by atoms with Gasteiger partial charge in [0.15, 0.2) is 6.61 Å². The van der Waals surface area contributed by atoms with E-state index in [1.54, 1.807) is 12.1 Å². The van der Waals surface area contributed by atoms with Crippen molar-refractivity contribution in [2.24, 2.45) is 5.92 Å². The number of imide groups is 1. The van der Waals surface area contributed by atoms with Gasteiger partial charge >= 0.3 is 5.97 Å². The van der Waals surface area contributed by atoms with Crippen molar-refractivity contribution in [1.82, 2.24) is 4.90 Å². The third-order valence-electron chi connectivity index (χ3n) is 4.58. The van der Waals surface area contributed by atoms with Crippen LogP contribution in [-0.2, 0) is 14.3 Å². The van der Waals surface area contributed by atoms with Gasteiger partial charge in [-0.1, -0.05) is 26.0 Å². The molecule has 1 N–H and O–H groups in total. The van der Waals surface area contributed by atoms with Crippen molar-refractivity contribution in [3.05, 3.63) is 65.5 Å². The molecule has 0 fully saturated rings. The molecule has 0 aliphatic carbocycles. The van der Waals surface area contributed by atoms with Crippen LogP contribution in [0, 0.1) is 11.7 Å². The number of hydrogen-bond acceptors (Lipinski definition) is 5. The fraction of sp³-hybridized carbons (Fsp3) is 0.273. The van der Waals surface area contributed by atoms with E-state index < -0.39 is 42.2 Å². The van der Waals surface area contributed by atoms with E-state index in [4.69, 9.17) is 4.74 Å². The number of rotatable bonds is 7. The Bertz CT molecular complexity index is 952. The lowest BCUT2D eigenvalue weighted by atomic mass is 10.0. The van der Waals surface area contributed by atoms with Gasteiger partial charge in [0.1, 0.15) is 11.9 Å². The van der Waals surface area contributed by atoms with Gasteiger partial charge in [0, 0.05) is 5.69 Å². The maximum absolute atomic E-state index is 12.9. The van der Waals surface area contributed by atoms with Crippen LogP contribution >= 0.6 is 0 Å². The second kappa shape index (κ2) is 8.86. The Morgan fingerprint density at radius 3 is 2.10 bits per heavy atom. The van der Waals surface area contributed by atoms with Gasteiger partial charge in [-0.05, 0) is 48.7 Å². The number of carbonyl (C=O) groups is 4. The minimum Gasteiger partial charge on any atom is -0.454 e. The number of ether oxygens (including phenoxy) is 1. The number of benzene rings is 2. The normalized spacial score (nSPS) is 13.9. The number of nitrogens with zero attached hydrogens (tertiary/aromatic N) is 1. The summed E-state index contributed by atoms with van der Waals surface area (Å²) >= 11 is 0. The van der Waals surface area contributed by atoms with Crippen LogP contribution in [0.2, 0.25) is 0 Å². The van der Waals surface area contributed by atoms with Gasteiger partial charge < -0.3 is 10.1 Å². The summed E-state index contributed by atoms with van der Waals surface area (Å²) in [5.41, 5.74) is 0.813. The summed E-state index contributed by atoms with van der Waals surface area (Å²) in [6.45, 7) is 3.09. The molecule has 0 saturated carbocycles. The predicted octanol–water partition coefficient (Wildman–Crippen LogP) is 3.02. The van der Waals surface area contributed by atoms with Crippen molar-refractivity contribution >= 4 is 29.4 Å². The summed E-state index contributed by atoms with van der Waals surface area (Å²) in [6, 6.07) is 10.3. The van der Waals surface area contributed by atoms with Gasteiger partial charge in [0.25, 0.3) is 17.7 Å². The molecule has 0 bridgehead atoms. The zero-order valence-corrected chi connectivity index (χ0v) is 16.6. The molecule has 0 unspecified atom stereocenters. The van der Waals surface area contributed by atoms with Gasteiger partial charge in [-0.25, -0.2) is 9.18 Å². The van der Waals surface area contributed by atoms with Crippen LogP contribution in [0.5, 0.6) is 0 Å². The smallest absolute Gasteiger partial charge is 0.329 e. The number of halogens is 1. The Balaban J connectivity index is 1.69. The molecular formula is C22H21FN2O5. The quantitative estimate of drug-likeness (QED) is 0.557. The molecule has 0 radical (unpaired) electrons. The first-order valence-electron chi connectivity index (χ1n) is 9.47. The lowest BCUT2D eigenvalue weighted by Gasteiger charge is -2.25. The number of amides is 3. The summed E-state index contributed by atoms with van der Waals surface area (Å²) in [6.07, 6.45) is 0.198. The maximum atomic E-state index is 12.9. The molecule has 30 heavy (non-hydrogen) atoms. The van der Waals surface area contributed by atoms with Gasteiger partial charge in [-0.3, -0.25) is 19.3 Å². The molecule has 7 nitrogen and oxygen atoms in total. The molecular weight excluding hydrogens is 391 g/mol. The largest absolute Gasteiger partial charge is 0.454 e. The standard InChI is InChI=1S/C22H21FN2O5/c1-13(2)11-18(25-20(27)16-5-3-4-6-17(16)21(25)28)22(29)30-12-19(26)24-15-9-7-14(23)8-10-15/h3-10,13,18H,11-12H2,1-2H3,(H,24,26)/t18-/m0/s1. The molecule has 2 aromatic carbocycles. The molecule has 8 heteroatoms. The Morgan fingerprint density at radius 1 is 1.00 bits per heavy atom. The monoisotopic (exact) mass is 412 g/mol. The van der Waals surface area contributed by atoms with E-state index in [1.165, 1.54) is 36.4 Å². The minimum atomic E-state index is -1.14. The highest BCUT2D eigenvalue weighted by Crippen LogP contribution is 2.27. The van der Waals surface area contributed by atoms with Crippen molar-refractivity contribution in [3.63, 3.8) is 0 Å². The zero-order chi connectivity index (χ0) is 21.8. The van der Waals surface area contributed by atoms with E-state index in [2.05, 4.69) is 5.32 Å². The molecule has 156 valence electrons. The van der Waals surface area contributed by atoms with Crippen LogP contribution in [-0.4, -0.2) is 41.2 Å². The summed E-state index contributed by atoms with van der Waals surface area (Å²) in [7, 11) is 0. The fourth-order valence-electron chi connectivity index (χ4n) is 3.21. The highest BCUT2D eigenvalue weighted by atomic mass is 19.1. The summed E-state index contributed by atoms with van der Waals surface area (Å²) in [4.78, 5) is 51.1. The Morgan fingerprint density at radius 2 is 1.57 bits per heavy atom. The van der Waals surface area contributed by atoms with Crippen LogP contribution in [0.25, 0.3) is 0 Å². The lowest BCUT2D eigenvalue weighted by Crippen LogP contribution is -2.46. The first kappa shape index (κ1) is 21.2. The number of hydrogen-bond donors (Lipinski definition) is 1.